The number of aromatic nitrogens is 1. The number of phenolic OH excluding ortho intramolecular Hbond substituents is 1. The predicted octanol–water partition coefficient (Wildman–Crippen LogP) is 6.14. The third-order valence-corrected chi connectivity index (χ3v) is 4.81. The molecule has 1 heterocycles. The quantitative estimate of drug-likeness (QED) is 0.352. The van der Waals surface area contributed by atoms with Crippen molar-refractivity contribution < 1.29 is 5.11 Å². The maximum Gasteiger partial charge on any atom is 0.117 e. The van der Waals surface area contributed by atoms with E-state index in [0.717, 1.165) is 27.5 Å². The molecule has 1 N–H and O–H groups in total. The Morgan fingerprint density at radius 2 is 1.69 bits per heavy atom. The van der Waals surface area contributed by atoms with Gasteiger partial charge in [0.05, 0.1) is 16.7 Å². The van der Waals surface area contributed by atoms with Gasteiger partial charge in [-0.05, 0) is 42.7 Å². The van der Waals surface area contributed by atoms with Gasteiger partial charge in [0.15, 0.2) is 0 Å². The van der Waals surface area contributed by atoms with Gasteiger partial charge in [0.25, 0.3) is 0 Å². The van der Waals surface area contributed by atoms with Crippen LogP contribution in [0.2, 0.25) is 0 Å². The number of aliphatic imine (C=N–C) groups is 1. The molecule has 130 valence electrons. The third kappa shape index (κ3) is 2.76. The number of hydrogen-bond donors (Lipinski definition) is 1. The summed E-state index contributed by atoms with van der Waals surface area (Å²) in [5.74, 6) is 0.664. The van der Waals surface area contributed by atoms with E-state index in [1.807, 2.05) is 29.1 Å². The molecule has 0 saturated carbocycles. The standard InChI is InChI=1S/C23H22N2O/c1-15(2)20-12-16(3)8-11-21(20)24-14-25-22-7-5-4-6-18(22)19-10-9-17(26)13-23(19)25/h4-15,26H,1-3H3. The Kier molecular flexibility index (Phi) is 4.00. The van der Waals surface area contributed by atoms with Crippen LogP contribution in [0.3, 0.4) is 0 Å². The fourth-order valence-electron chi connectivity index (χ4n) is 3.49. The molecule has 0 radical (unpaired) electrons. The molecule has 0 spiro atoms. The Hall–Kier alpha value is -3.07. The zero-order valence-corrected chi connectivity index (χ0v) is 15.3. The lowest BCUT2D eigenvalue weighted by Crippen LogP contribution is -1.95. The van der Waals surface area contributed by atoms with Gasteiger partial charge in [0.2, 0.25) is 0 Å². The van der Waals surface area contributed by atoms with Gasteiger partial charge in [0.1, 0.15) is 12.1 Å². The highest BCUT2D eigenvalue weighted by Gasteiger charge is 2.10. The number of phenols is 1. The van der Waals surface area contributed by atoms with Crippen LogP contribution in [0.4, 0.5) is 5.69 Å². The molecule has 0 saturated heterocycles. The lowest BCUT2D eigenvalue weighted by molar-refractivity contribution is 0.476. The fourth-order valence-corrected chi connectivity index (χ4v) is 3.49. The van der Waals surface area contributed by atoms with Crippen molar-refractivity contribution in [1.29, 1.82) is 0 Å². The molecule has 0 bridgehead atoms. The molecular weight excluding hydrogens is 320 g/mol. The summed E-state index contributed by atoms with van der Waals surface area (Å²) in [5, 5.41) is 12.2. The number of aromatic hydroxyl groups is 1. The van der Waals surface area contributed by atoms with Gasteiger partial charge in [-0.3, -0.25) is 4.57 Å². The first-order valence-electron chi connectivity index (χ1n) is 8.91. The van der Waals surface area contributed by atoms with E-state index in [0.29, 0.717) is 5.92 Å². The molecule has 4 aromatic rings. The van der Waals surface area contributed by atoms with Crippen molar-refractivity contribution >= 4 is 33.8 Å². The molecule has 0 aliphatic heterocycles. The minimum Gasteiger partial charge on any atom is -0.508 e. The summed E-state index contributed by atoms with van der Waals surface area (Å²) < 4.78 is 2.05. The second kappa shape index (κ2) is 6.34. The average molecular weight is 342 g/mol. The van der Waals surface area contributed by atoms with Crippen molar-refractivity contribution in [3.05, 3.63) is 71.8 Å². The van der Waals surface area contributed by atoms with Crippen molar-refractivity contribution in [2.45, 2.75) is 26.7 Å². The first-order valence-corrected chi connectivity index (χ1v) is 8.91. The number of fused-ring (bicyclic) bond motifs is 3. The monoisotopic (exact) mass is 342 g/mol. The van der Waals surface area contributed by atoms with Crippen LogP contribution in [0, 0.1) is 6.92 Å². The number of para-hydroxylation sites is 1. The van der Waals surface area contributed by atoms with Crippen LogP contribution in [-0.2, 0) is 0 Å². The van der Waals surface area contributed by atoms with Crippen LogP contribution in [0.5, 0.6) is 5.75 Å². The van der Waals surface area contributed by atoms with E-state index in [-0.39, 0.29) is 5.75 Å². The van der Waals surface area contributed by atoms with Gasteiger partial charge in [0, 0.05) is 16.8 Å². The first-order chi connectivity index (χ1) is 12.5. The highest BCUT2D eigenvalue weighted by molar-refractivity contribution is 6.11. The van der Waals surface area contributed by atoms with Gasteiger partial charge in [-0.25, -0.2) is 4.99 Å². The normalized spacial score (nSPS) is 12.0. The minimum atomic E-state index is 0.258. The van der Waals surface area contributed by atoms with E-state index < -0.39 is 0 Å². The molecule has 3 heteroatoms. The third-order valence-electron chi connectivity index (χ3n) is 4.81. The van der Waals surface area contributed by atoms with Crippen molar-refractivity contribution in [1.82, 2.24) is 4.57 Å². The zero-order valence-electron chi connectivity index (χ0n) is 15.3. The molecule has 0 atom stereocenters. The zero-order chi connectivity index (χ0) is 18.3. The van der Waals surface area contributed by atoms with Gasteiger partial charge in [-0.1, -0.05) is 49.7 Å². The molecule has 0 unspecified atom stereocenters. The first kappa shape index (κ1) is 16.4. The minimum absolute atomic E-state index is 0.258. The van der Waals surface area contributed by atoms with Gasteiger partial charge >= 0.3 is 0 Å². The molecule has 26 heavy (non-hydrogen) atoms. The molecular formula is C23H22N2O. The summed E-state index contributed by atoms with van der Waals surface area (Å²) in [7, 11) is 0. The molecule has 3 aromatic carbocycles. The second-order valence-corrected chi connectivity index (χ2v) is 7.05. The molecule has 0 aliphatic carbocycles. The Morgan fingerprint density at radius 3 is 2.50 bits per heavy atom. The van der Waals surface area contributed by atoms with Crippen molar-refractivity contribution in [3.63, 3.8) is 0 Å². The number of rotatable bonds is 3. The Bertz CT molecular complexity index is 1140. The summed E-state index contributed by atoms with van der Waals surface area (Å²) in [5.41, 5.74) is 5.50. The van der Waals surface area contributed by atoms with Gasteiger partial charge in [-0.2, -0.15) is 0 Å². The summed E-state index contributed by atoms with van der Waals surface area (Å²) in [4.78, 5) is 4.80. The van der Waals surface area contributed by atoms with E-state index in [9.17, 15) is 5.11 Å². The fraction of sp³-hybridized carbons (Fsp3) is 0.174. The van der Waals surface area contributed by atoms with E-state index in [4.69, 9.17) is 4.99 Å². The average Bonchev–Trinajstić information content (AvgIpc) is 2.93. The molecule has 1 aromatic heterocycles. The lowest BCUT2D eigenvalue weighted by atomic mass is 9.99. The maximum absolute atomic E-state index is 9.95. The summed E-state index contributed by atoms with van der Waals surface area (Å²) in [6, 6.07) is 20.1. The van der Waals surface area contributed by atoms with Crippen molar-refractivity contribution in [2.75, 3.05) is 0 Å². The van der Waals surface area contributed by atoms with E-state index in [1.54, 1.807) is 12.1 Å². The highest BCUT2D eigenvalue weighted by Crippen LogP contribution is 2.31. The summed E-state index contributed by atoms with van der Waals surface area (Å²) >= 11 is 0. The van der Waals surface area contributed by atoms with Crippen molar-refractivity contribution in [3.8, 4) is 5.75 Å². The molecule has 3 nitrogen and oxygen atoms in total. The van der Waals surface area contributed by atoms with Crippen LogP contribution in [0.15, 0.2) is 65.7 Å². The van der Waals surface area contributed by atoms with Crippen LogP contribution < -0.4 is 0 Å². The van der Waals surface area contributed by atoms with Crippen molar-refractivity contribution in [2.24, 2.45) is 4.99 Å². The van der Waals surface area contributed by atoms with Crippen LogP contribution >= 0.6 is 0 Å². The molecule has 0 aliphatic rings. The van der Waals surface area contributed by atoms with E-state index >= 15 is 0 Å². The van der Waals surface area contributed by atoms with Gasteiger partial charge in [-0.15, -0.1) is 0 Å². The molecule has 4 rings (SSSR count). The van der Waals surface area contributed by atoms with E-state index in [1.165, 1.54) is 11.1 Å². The predicted molar refractivity (Wildman–Crippen MR) is 110 cm³/mol. The largest absolute Gasteiger partial charge is 0.508 e. The van der Waals surface area contributed by atoms with Crippen LogP contribution in [-0.4, -0.2) is 16.0 Å². The number of benzene rings is 3. The highest BCUT2D eigenvalue weighted by atomic mass is 16.3. The smallest absolute Gasteiger partial charge is 0.117 e. The maximum atomic E-state index is 9.95. The molecule has 0 amide bonds. The Morgan fingerprint density at radius 1 is 0.923 bits per heavy atom. The lowest BCUT2D eigenvalue weighted by Gasteiger charge is -2.10. The Balaban J connectivity index is 1.92. The summed E-state index contributed by atoms with van der Waals surface area (Å²) in [6.45, 7) is 6.48. The van der Waals surface area contributed by atoms with Crippen LogP contribution in [0.1, 0.15) is 30.9 Å². The molecule has 0 fully saturated rings. The topological polar surface area (TPSA) is 37.5 Å². The van der Waals surface area contributed by atoms with Crippen LogP contribution in [0.25, 0.3) is 21.8 Å². The number of hydrogen-bond acceptors (Lipinski definition) is 2. The summed E-state index contributed by atoms with van der Waals surface area (Å²) in [6.07, 6.45) is 1.86. The SMILES string of the molecule is Cc1ccc(N=Cn2c3ccccc3c3ccc(O)cc32)c(C(C)C)c1. The van der Waals surface area contributed by atoms with E-state index in [2.05, 4.69) is 51.1 Å². The number of aryl methyl sites for hydroxylation is 1. The second-order valence-electron chi connectivity index (χ2n) is 7.05. The number of nitrogens with zero attached hydrogens (tertiary/aromatic N) is 2. The Labute approximate surface area is 153 Å². The van der Waals surface area contributed by atoms with Gasteiger partial charge < -0.3 is 5.11 Å².